The third kappa shape index (κ3) is 3.03. The van der Waals surface area contributed by atoms with Crippen molar-refractivity contribution >= 4 is 17.3 Å². The molecule has 0 atom stereocenters. The zero-order valence-electron chi connectivity index (χ0n) is 10.3. The average Bonchev–Trinajstić information content (AvgIpc) is 2.41. The molecule has 0 fully saturated rings. The van der Waals surface area contributed by atoms with Crippen molar-refractivity contribution in [3.63, 3.8) is 0 Å². The normalized spacial score (nSPS) is 10.2. The highest BCUT2D eigenvalue weighted by atomic mass is 35.5. The summed E-state index contributed by atoms with van der Waals surface area (Å²) in [4.78, 5) is 10.5. The average molecular weight is 278 g/mol. The fourth-order valence-electron chi connectivity index (χ4n) is 1.72. The summed E-state index contributed by atoms with van der Waals surface area (Å²) in [5.41, 5.74) is 1.57. The summed E-state index contributed by atoms with van der Waals surface area (Å²) in [5, 5.41) is 11.0. The number of nitro groups is 1. The first-order valence-corrected chi connectivity index (χ1v) is 6.22. The third-order valence-electron chi connectivity index (χ3n) is 2.66. The Kier molecular flexibility index (Phi) is 4.02. The molecule has 0 bridgehead atoms. The van der Waals surface area contributed by atoms with Crippen LogP contribution in [0.15, 0.2) is 42.5 Å². The molecule has 0 spiro atoms. The van der Waals surface area contributed by atoms with Crippen molar-refractivity contribution in [2.75, 3.05) is 0 Å². The predicted octanol–water partition coefficient (Wildman–Crippen LogP) is 4.43. The van der Waals surface area contributed by atoms with Gasteiger partial charge in [-0.1, -0.05) is 24.3 Å². The lowest BCUT2D eigenvalue weighted by Gasteiger charge is -2.09. The summed E-state index contributed by atoms with van der Waals surface area (Å²) >= 11 is 5.75. The number of nitrogens with zero attached hydrogens (tertiary/aromatic N) is 1. The molecule has 98 valence electrons. The van der Waals surface area contributed by atoms with Crippen LogP contribution in [0.3, 0.4) is 0 Å². The molecule has 4 nitrogen and oxygen atoms in total. The topological polar surface area (TPSA) is 52.4 Å². The van der Waals surface area contributed by atoms with E-state index in [0.29, 0.717) is 17.2 Å². The van der Waals surface area contributed by atoms with E-state index in [4.69, 9.17) is 16.3 Å². The van der Waals surface area contributed by atoms with Crippen molar-refractivity contribution in [2.45, 2.75) is 12.8 Å². The molecule has 0 aliphatic heterocycles. The van der Waals surface area contributed by atoms with E-state index in [1.807, 2.05) is 6.07 Å². The Hall–Kier alpha value is -2.07. The molecule has 0 aromatic heterocycles. The summed E-state index contributed by atoms with van der Waals surface area (Å²) < 4.78 is 5.64. The molecule has 19 heavy (non-hydrogen) atoms. The molecule has 0 heterocycles. The number of para-hydroxylation sites is 1. The van der Waals surface area contributed by atoms with Gasteiger partial charge in [-0.05, 0) is 30.2 Å². The highest BCUT2D eigenvalue weighted by Gasteiger charge is 2.17. The van der Waals surface area contributed by atoms with E-state index in [1.165, 1.54) is 6.07 Å². The number of halogens is 1. The molecule has 0 aliphatic rings. The first kappa shape index (κ1) is 13.4. The van der Waals surface area contributed by atoms with E-state index < -0.39 is 4.92 Å². The maximum Gasteiger partial charge on any atom is 0.311 e. The Bertz CT molecular complexity index is 613. The van der Waals surface area contributed by atoms with Gasteiger partial charge in [-0.3, -0.25) is 10.1 Å². The zero-order valence-corrected chi connectivity index (χ0v) is 11.1. The van der Waals surface area contributed by atoms with Gasteiger partial charge in [0.15, 0.2) is 0 Å². The molecular formula is C14H12ClNO3. The van der Waals surface area contributed by atoms with Crippen molar-refractivity contribution in [1.29, 1.82) is 0 Å². The molecule has 0 saturated heterocycles. The van der Waals surface area contributed by atoms with Gasteiger partial charge in [-0.25, -0.2) is 0 Å². The van der Waals surface area contributed by atoms with E-state index in [-0.39, 0.29) is 11.4 Å². The quantitative estimate of drug-likeness (QED) is 0.472. The maximum absolute atomic E-state index is 11.0. The predicted molar refractivity (Wildman–Crippen MR) is 73.9 cm³/mol. The van der Waals surface area contributed by atoms with Crippen LogP contribution in [-0.4, -0.2) is 4.92 Å². The second-order valence-electron chi connectivity index (χ2n) is 4.06. The van der Waals surface area contributed by atoms with Gasteiger partial charge < -0.3 is 4.74 Å². The molecule has 0 saturated carbocycles. The van der Waals surface area contributed by atoms with Crippen LogP contribution in [0.2, 0.25) is 0 Å². The molecular weight excluding hydrogens is 266 g/mol. The largest absolute Gasteiger partial charge is 0.450 e. The van der Waals surface area contributed by atoms with Crippen LogP contribution < -0.4 is 4.74 Å². The maximum atomic E-state index is 11.0. The second kappa shape index (κ2) is 5.71. The monoisotopic (exact) mass is 277 g/mol. The van der Waals surface area contributed by atoms with Crippen LogP contribution >= 0.6 is 11.6 Å². The summed E-state index contributed by atoms with van der Waals surface area (Å²) in [6.07, 6.45) is 0. The minimum atomic E-state index is -0.451. The molecule has 2 aromatic rings. The van der Waals surface area contributed by atoms with E-state index in [1.54, 1.807) is 37.3 Å². The highest BCUT2D eigenvalue weighted by molar-refractivity contribution is 6.17. The number of benzene rings is 2. The number of hydrogen-bond acceptors (Lipinski definition) is 3. The molecule has 0 amide bonds. The summed E-state index contributed by atoms with van der Waals surface area (Å²) in [5.74, 6) is 1.17. The zero-order chi connectivity index (χ0) is 13.8. The lowest BCUT2D eigenvalue weighted by atomic mass is 10.2. The first-order valence-electron chi connectivity index (χ1n) is 5.68. The summed E-state index contributed by atoms with van der Waals surface area (Å²) in [6, 6.07) is 12.0. The van der Waals surface area contributed by atoms with Gasteiger partial charge in [-0.2, -0.15) is 0 Å². The minimum absolute atomic E-state index is 0.0451. The van der Waals surface area contributed by atoms with Crippen molar-refractivity contribution < 1.29 is 9.66 Å². The summed E-state index contributed by atoms with van der Waals surface area (Å²) in [7, 11) is 0. The van der Waals surface area contributed by atoms with Crippen molar-refractivity contribution in [3.8, 4) is 11.5 Å². The van der Waals surface area contributed by atoms with Crippen LogP contribution in [0, 0.1) is 17.0 Å². The standard InChI is InChI=1S/C14H12ClNO3/c1-10-4-2-7-13(16(17)18)14(10)19-12-6-3-5-11(8-12)9-15/h2-8H,9H2,1H3. The fourth-order valence-corrected chi connectivity index (χ4v) is 1.89. The summed E-state index contributed by atoms with van der Waals surface area (Å²) in [6.45, 7) is 1.77. The fraction of sp³-hybridized carbons (Fsp3) is 0.143. The van der Waals surface area contributed by atoms with Crippen LogP contribution in [0.4, 0.5) is 5.69 Å². The number of ether oxygens (including phenoxy) is 1. The Morgan fingerprint density at radius 1 is 1.26 bits per heavy atom. The third-order valence-corrected chi connectivity index (χ3v) is 2.97. The van der Waals surface area contributed by atoms with Gasteiger partial charge >= 0.3 is 5.69 Å². The van der Waals surface area contributed by atoms with Crippen molar-refractivity contribution in [1.82, 2.24) is 0 Å². The van der Waals surface area contributed by atoms with Crippen LogP contribution in [0.1, 0.15) is 11.1 Å². The van der Waals surface area contributed by atoms with E-state index >= 15 is 0 Å². The lowest BCUT2D eigenvalue weighted by molar-refractivity contribution is -0.385. The van der Waals surface area contributed by atoms with Gasteiger partial charge in [0.1, 0.15) is 5.75 Å². The molecule has 0 aliphatic carbocycles. The van der Waals surface area contributed by atoms with Crippen LogP contribution in [0.5, 0.6) is 11.5 Å². The van der Waals surface area contributed by atoms with Crippen LogP contribution in [0.25, 0.3) is 0 Å². The number of nitro benzene ring substituents is 1. The Morgan fingerprint density at radius 3 is 2.68 bits per heavy atom. The number of rotatable bonds is 4. The Balaban J connectivity index is 2.40. The van der Waals surface area contributed by atoms with E-state index in [2.05, 4.69) is 0 Å². The molecule has 5 heteroatoms. The smallest absolute Gasteiger partial charge is 0.311 e. The Labute approximate surface area is 115 Å². The van der Waals surface area contributed by atoms with E-state index in [9.17, 15) is 10.1 Å². The van der Waals surface area contributed by atoms with Gasteiger partial charge in [0.25, 0.3) is 0 Å². The second-order valence-corrected chi connectivity index (χ2v) is 4.33. The molecule has 0 unspecified atom stereocenters. The molecule has 0 N–H and O–H groups in total. The number of aryl methyl sites for hydroxylation is 1. The molecule has 0 radical (unpaired) electrons. The highest BCUT2D eigenvalue weighted by Crippen LogP contribution is 2.34. The van der Waals surface area contributed by atoms with Gasteiger partial charge in [0.05, 0.1) is 4.92 Å². The van der Waals surface area contributed by atoms with Crippen LogP contribution in [-0.2, 0) is 5.88 Å². The molecule has 2 aromatic carbocycles. The van der Waals surface area contributed by atoms with E-state index in [0.717, 1.165) is 5.56 Å². The minimum Gasteiger partial charge on any atom is -0.450 e. The SMILES string of the molecule is Cc1cccc([N+](=O)[O-])c1Oc1cccc(CCl)c1. The lowest BCUT2D eigenvalue weighted by Crippen LogP contribution is -1.95. The number of alkyl halides is 1. The van der Waals surface area contributed by atoms with Crippen molar-refractivity contribution in [3.05, 3.63) is 63.7 Å². The van der Waals surface area contributed by atoms with Crippen molar-refractivity contribution in [2.24, 2.45) is 0 Å². The first-order chi connectivity index (χ1) is 9.11. The Morgan fingerprint density at radius 2 is 2.00 bits per heavy atom. The van der Waals surface area contributed by atoms with Gasteiger partial charge in [0.2, 0.25) is 5.75 Å². The van der Waals surface area contributed by atoms with Gasteiger partial charge in [-0.15, -0.1) is 11.6 Å². The van der Waals surface area contributed by atoms with Gasteiger partial charge in [0, 0.05) is 11.9 Å². The number of hydrogen-bond donors (Lipinski definition) is 0. The molecule has 2 rings (SSSR count).